The first-order valence-electron chi connectivity index (χ1n) is 11.2. The summed E-state index contributed by atoms with van der Waals surface area (Å²) < 4.78 is 5.87. The Morgan fingerprint density at radius 2 is 1.83 bits per heavy atom. The van der Waals surface area contributed by atoms with E-state index in [9.17, 15) is 20.1 Å². The number of aromatic amines is 1. The van der Waals surface area contributed by atoms with Crippen molar-refractivity contribution in [1.29, 1.82) is 0 Å². The normalized spacial score (nSPS) is 11.5. The summed E-state index contributed by atoms with van der Waals surface area (Å²) in [6.07, 6.45) is 1.96. The van der Waals surface area contributed by atoms with Gasteiger partial charge in [0.05, 0.1) is 17.3 Å². The Labute approximate surface area is 221 Å². The van der Waals surface area contributed by atoms with Gasteiger partial charge in [0.2, 0.25) is 5.79 Å². The van der Waals surface area contributed by atoms with Crippen LogP contribution in [0.4, 0.5) is 0 Å². The number of hydrogen-bond donors (Lipinski definition) is 6. The van der Waals surface area contributed by atoms with Gasteiger partial charge in [-0.2, -0.15) is 0 Å². The third-order valence-electron chi connectivity index (χ3n) is 5.22. The summed E-state index contributed by atoms with van der Waals surface area (Å²) in [6.45, 7) is 6.95. The number of phenolic OH excluding ortho intramolecular Hbond substituents is 1. The molecular weight excluding hydrogens is 513 g/mol. The number of rotatable bonds is 13. The molecule has 0 aliphatic rings. The number of fused-ring (bicyclic) bond motifs is 1. The van der Waals surface area contributed by atoms with Gasteiger partial charge in [0, 0.05) is 18.7 Å². The van der Waals surface area contributed by atoms with Gasteiger partial charge < -0.3 is 35.7 Å². The van der Waals surface area contributed by atoms with Crippen molar-refractivity contribution >= 4 is 46.4 Å². The number of aromatic hydroxyl groups is 1. The minimum absolute atomic E-state index is 0. The van der Waals surface area contributed by atoms with E-state index in [1.54, 1.807) is 0 Å². The number of aliphatic hydroxyl groups is 2. The number of nitrogens with one attached hydrogen (secondary N) is 3. The monoisotopic (exact) mass is 547 g/mol. The minimum Gasteiger partial charge on any atom is -0.506 e. The first-order chi connectivity index (χ1) is 15.8. The second-order valence-electron chi connectivity index (χ2n) is 8.36. The van der Waals surface area contributed by atoms with E-state index in [1.807, 2.05) is 26.0 Å². The van der Waals surface area contributed by atoms with Gasteiger partial charge in [-0.05, 0) is 63.0 Å². The predicted octanol–water partition coefficient (Wildman–Crippen LogP) is 3.01. The average molecular weight is 549 g/mol. The fraction of sp³-hybridized carbons (Fsp3) is 0.458. The van der Waals surface area contributed by atoms with E-state index in [4.69, 9.17) is 4.74 Å². The molecule has 0 aliphatic carbocycles. The van der Waals surface area contributed by atoms with Crippen LogP contribution >= 0.6 is 36.2 Å². The molecule has 0 spiro atoms. The Kier molecular flexibility index (Phi) is 13.2. The highest BCUT2D eigenvalue weighted by Gasteiger charge is 2.29. The first-order valence-corrected chi connectivity index (χ1v) is 12.0. The number of thiazole rings is 1. The van der Waals surface area contributed by atoms with Crippen LogP contribution in [0.5, 0.6) is 5.75 Å². The number of ether oxygens (including phenoxy) is 1. The summed E-state index contributed by atoms with van der Waals surface area (Å²) in [5.41, 5.74) is 2.75. The van der Waals surface area contributed by atoms with Crippen molar-refractivity contribution in [2.24, 2.45) is 0 Å². The number of halogens is 2. The Morgan fingerprint density at radius 3 is 2.57 bits per heavy atom. The predicted molar refractivity (Wildman–Crippen MR) is 145 cm³/mol. The molecule has 0 aliphatic heterocycles. The summed E-state index contributed by atoms with van der Waals surface area (Å²) in [5.74, 6) is -2.28. The summed E-state index contributed by atoms with van der Waals surface area (Å²) in [4.78, 5) is 13.8. The molecule has 0 fully saturated rings. The Hall–Kier alpha value is -1.69. The summed E-state index contributed by atoms with van der Waals surface area (Å²) >= 11 is 0.837. The number of H-pyrrole nitrogens is 1. The van der Waals surface area contributed by atoms with Crippen molar-refractivity contribution in [2.45, 2.75) is 45.1 Å². The molecule has 0 saturated carbocycles. The van der Waals surface area contributed by atoms with Crippen LogP contribution in [0.2, 0.25) is 0 Å². The molecule has 1 heterocycles. The van der Waals surface area contributed by atoms with Crippen molar-refractivity contribution in [3.8, 4) is 5.75 Å². The quantitative estimate of drug-likeness (QED) is 0.143. The highest BCUT2D eigenvalue weighted by Crippen LogP contribution is 2.32. The molecule has 0 saturated heterocycles. The molecule has 0 amide bonds. The maximum atomic E-state index is 11.7. The van der Waals surface area contributed by atoms with Crippen molar-refractivity contribution in [3.05, 3.63) is 62.8 Å². The zero-order valence-electron chi connectivity index (χ0n) is 19.9. The molecule has 3 aromatic rings. The van der Waals surface area contributed by atoms with Crippen LogP contribution in [0, 0.1) is 0 Å². The molecule has 196 valence electrons. The Balaban J connectivity index is 0.00000306. The van der Waals surface area contributed by atoms with Crippen molar-refractivity contribution in [1.82, 2.24) is 15.6 Å². The molecule has 0 atom stereocenters. The zero-order chi connectivity index (χ0) is 23.8. The van der Waals surface area contributed by atoms with E-state index in [-0.39, 0.29) is 59.2 Å². The van der Waals surface area contributed by atoms with Gasteiger partial charge in [0.1, 0.15) is 11.3 Å². The molecule has 8 nitrogen and oxygen atoms in total. The standard InChI is InChI=1S/C24H33N3O5S.2ClH/c1-16(2)32-12-4-10-25-14-18-6-3-5-17(13-18)9-11-26-15-24(30,31)19-7-8-20(28)21-22(19)33-23(29)27-21;;/h3,5-8,13,16,25-26,28,30-31H,4,9-12,14-15H2,1-2H3,(H,27,29);2*1H. The van der Waals surface area contributed by atoms with Crippen LogP contribution in [0.1, 0.15) is 37.0 Å². The first kappa shape index (κ1) is 31.3. The highest BCUT2D eigenvalue weighted by molar-refractivity contribution is 7.16. The molecule has 11 heteroatoms. The van der Waals surface area contributed by atoms with E-state index < -0.39 is 5.79 Å². The fourth-order valence-electron chi connectivity index (χ4n) is 3.57. The maximum Gasteiger partial charge on any atom is 0.305 e. The fourth-order valence-corrected chi connectivity index (χ4v) is 4.51. The van der Waals surface area contributed by atoms with Gasteiger partial charge in [-0.15, -0.1) is 24.8 Å². The smallest absolute Gasteiger partial charge is 0.305 e. The molecule has 35 heavy (non-hydrogen) atoms. The van der Waals surface area contributed by atoms with E-state index in [0.29, 0.717) is 11.2 Å². The van der Waals surface area contributed by atoms with Gasteiger partial charge in [0.15, 0.2) is 0 Å². The minimum atomic E-state index is -2.18. The van der Waals surface area contributed by atoms with E-state index in [0.717, 1.165) is 49.4 Å². The highest BCUT2D eigenvalue weighted by atomic mass is 35.5. The third-order valence-corrected chi connectivity index (χ3v) is 6.14. The second-order valence-corrected chi connectivity index (χ2v) is 9.35. The van der Waals surface area contributed by atoms with Gasteiger partial charge >= 0.3 is 4.87 Å². The number of hydrogen-bond acceptors (Lipinski definition) is 8. The topological polar surface area (TPSA) is 127 Å². The molecule has 0 bridgehead atoms. The van der Waals surface area contributed by atoms with Crippen LogP contribution in [-0.2, 0) is 23.5 Å². The van der Waals surface area contributed by atoms with Crippen molar-refractivity contribution in [3.63, 3.8) is 0 Å². The number of benzene rings is 2. The summed E-state index contributed by atoms with van der Waals surface area (Å²) in [6, 6.07) is 11.1. The number of phenols is 1. The average Bonchev–Trinajstić information content (AvgIpc) is 3.16. The lowest BCUT2D eigenvalue weighted by atomic mass is 10.0. The van der Waals surface area contributed by atoms with Gasteiger partial charge in [-0.25, -0.2) is 0 Å². The molecule has 1 aromatic heterocycles. The van der Waals surface area contributed by atoms with Crippen LogP contribution in [0.25, 0.3) is 10.2 Å². The molecule has 3 rings (SSSR count). The SMILES string of the molecule is CC(C)OCCCNCc1cccc(CCNCC(O)(O)c2ccc(O)c3[nH]c(=O)sc23)c1.Cl.Cl. The molecular formula is C24H35Cl2N3O5S. The van der Waals surface area contributed by atoms with Crippen LogP contribution < -0.4 is 15.5 Å². The van der Waals surface area contributed by atoms with Crippen LogP contribution in [0.3, 0.4) is 0 Å². The third kappa shape index (κ3) is 9.36. The lowest BCUT2D eigenvalue weighted by Crippen LogP contribution is -2.38. The largest absolute Gasteiger partial charge is 0.506 e. The van der Waals surface area contributed by atoms with Gasteiger partial charge in [-0.1, -0.05) is 35.6 Å². The molecule has 0 unspecified atom stereocenters. The van der Waals surface area contributed by atoms with Crippen LogP contribution in [0.15, 0.2) is 41.2 Å². The Bertz CT molecular complexity index is 1100. The summed E-state index contributed by atoms with van der Waals surface area (Å²) in [7, 11) is 0. The van der Waals surface area contributed by atoms with Crippen LogP contribution in [-0.4, -0.2) is 52.6 Å². The van der Waals surface area contributed by atoms with Crippen molar-refractivity contribution in [2.75, 3.05) is 26.2 Å². The van der Waals surface area contributed by atoms with E-state index in [1.165, 1.54) is 17.7 Å². The molecule has 2 aromatic carbocycles. The zero-order valence-corrected chi connectivity index (χ0v) is 22.3. The second kappa shape index (κ2) is 14.8. The van der Waals surface area contributed by atoms with E-state index >= 15 is 0 Å². The van der Waals surface area contributed by atoms with E-state index in [2.05, 4.69) is 27.8 Å². The maximum absolute atomic E-state index is 11.7. The number of aromatic nitrogens is 1. The Morgan fingerprint density at radius 1 is 1.09 bits per heavy atom. The summed E-state index contributed by atoms with van der Waals surface area (Å²) in [5, 5.41) is 37.6. The van der Waals surface area contributed by atoms with Crippen molar-refractivity contribution < 1.29 is 20.1 Å². The molecule has 0 radical (unpaired) electrons. The molecule has 6 N–H and O–H groups in total. The van der Waals surface area contributed by atoms with Gasteiger partial charge in [0.25, 0.3) is 0 Å². The van der Waals surface area contributed by atoms with Gasteiger partial charge in [-0.3, -0.25) is 4.79 Å². The lowest BCUT2D eigenvalue weighted by molar-refractivity contribution is -0.164. The lowest BCUT2D eigenvalue weighted by Gasteiger charge is -2.23.